The zero-order valence-electron chi connectivity index (χ0n) is 16.6. The summed E-state index contributed by atoms with van der Waals surface area (Å²) >= 11 is 0. The van der Waals surface area contributed by atoms with Gasteiger partial charge in [-0.2, -0.15) is 5.26 Å². The SMILES string of the molecule is C=CC(=O)OCCOc1ccc(OC(=O)c2ccc(-c3ccc(C#N)cc3)cc2)cc1. The maximum Gasteiger partial charge on any atom is 0.343 e. The van der Waals surface area contributed by atoms with Gasteiger partial charge in [-0.15, -0.1) is 0 Å². The molecule has 6 nitrogen and oxygen atoms in total. The van der Waals surface area contributed by atoms with Gasteiger partial charge in [0.15, 0.2) is 0 Å². The third kappa shape index (κ3) is 6.05. The molecule has 0 heterocycles. The minimum absolute atomic E-state index is 0.111. The van der Waals surface area contributed by atoms with E-state index in [1.807, 2.05) is 24.3 Å². The Morgan fingerprint density at radius 3 is 2.00 bits per heavy atom. The molecular formula is C25H19NO5. The molecule has 0 N–H and O–H groups in total. The molecule has 3 rings (SSSR count). The summed E-state index contributed by atoms with van der Waals surface area (Å²) in [5.41, 5.74) is 2.90. The molecule has 0 aliphatic rings. The van der Waals surface area contributed by atoms with Gasteiger partial charge in [0, 0.05) is 6.08 Å². The number of nitriles is 1. The molecule has 0 spiro atoms. The molecule has 0 unspecified atom stereocenters. The van der Waals surface area contributed by atoms with Crippen LogP contribution >= 0.6 is 0 Å². The number of benzene rings is 3. The van der Waals surface area contributed by atoms with Crippen LogP contribution in [0.15, 0.2) is 85.5 Å². The van der Waals surface area contributed by atoms with Crippen molar-refractivity contribution < 1.29 is 23.8 Å². The lowest BCUT2D eigenvalue weighted by Gasteiger charge is -2.08. The number of rotatable bonds is 8. The van der Waals surface area contributed by atoms with E-state index in [-0.39, 0.29) is 13.2 Å². The summed E-state index contributed by atoms with van der Waals surface area (Å²) in [4.78, 5) is 23.3. The fraction of sp³-hybridized carbons (Fsp3) is 0.0800. The molecule has 0 atom stereocenters. The first-order chi connectivity index (χ1) is 15.1. The molecule has 0 aliphatic carbocycles. The second kappa shape index (κ2) is 10.4. The number of carbonyl (C=O) groups is 2. The summed E-state index contributed by atoms with van der Waals surface area (Å²) in [6.45, 7) is 3.62. The van der Waals surface area contributed by atoms with Crippen LogP contribution in [0.3, 0.4) is 0 Å². The summed E-state index contributed by atoms with van der Waals surface area (Å²) in [7, 11) is 0. The molecule has 6 heteroatoms. The molecule has 0 amide bonds. The Morgan fingerprint density at radius 1 is 0.839 bits per heavy atom. The zero-order valence-corrected chi connectivity index (χ0v) is 16.6. The van der Waals surface area contributed by atoms with E-state index in [9.17, 15) is 9.59 Å². The molecule has 3 aromatic rings. The normalized spacial score (nSPS) is 9.90. The summed E-state index contributed by atoms with van der Waals surface area (Å²) in [5.74, 6) is -0.0417. The highest BCUT2D eigenvalue weighted by molar-refractivity contribution is 5.91. The Morgan fingerprint density at radius 2 is 1.42 bits per heavy atom. The first kappa shape index (κ1) is 21.3. The van der Waals surface area contributed by atoms with Crippen molar-refractivity contribution in [2.75, 3.05) is 13.2 Å². The quantitative estimate of drug-likeness (QED) is 0.233. The van der Waals surface area contributed by atoms with Crippen LogP contribution in [0, 0.1) is 11.3 Å². The highest BCUT2D eigenvalue weighted by Crippen LogP contribution is 2.22. The molecule has 0 aromatic heterocycles. The maximum absolute atomic E-state index is 12.4. The average molecular weight is 413 g/mol. The Bertz CT molecular complexity index is 1090. The van der Waals surface area contributed by atoms with E-state index < -0.39 is 11.9 Å². The van der Waals surface area contributed by atoms with Crippen LogP contribution in [0.2, 0.25) is 0 Å². The predicted molar refractivity (Wildman–Crippen MR) is 115 cm³/mol. The fourth-order valence-electron chi connectivity index (χ4n) is 2.67. The van der Waals surface area contributed by atoms with Crippen molar-refractivity contribution in [2.24, 2.45) is 0 Å². The van der Waals surface area contributed by atoms with Gasteiger partial charge in [0.05, 0.1) is 17.2 Å². The third-order valence-corrected chi connectivity index (χ3v) is 4.27. The van der Waals surface area contributed by atoms with Gasteiger partial charge in [-0.05, 0) is 59.7 Å². The lowest BCUT2D eigenvalue weighted by Crippen LogP contribution is -2.10. The van der Waals surface area contributed by atoms with E-state index in [0.29, 0.717) is 22.6 Å². The molecular weight excluding hydrogens is 394 g/mol. The summed E-state index contributed by atoms with van der Waals surface area (Å²) in [6, 6.07) is 22.9. The highest BCUT2D eigenvalue weighted by Gasteiger charge is 2.09. The molecule has 0 saturated heterocycles. The summed E-state index contributed by atoms with van der Waals surface area (Å²) < 4.78 is 15.7. The standard InChI is InChI=1S/C25H19NO5/c1-2-24(27)30-16-15-29-22-11-13-23(14-12-22)31-25(28)21-9-7-20(8-10-21)19-5-3-18(17-26)4-6-19/h2-14H,1,15-16H2. The lowest BCUT2D eigenvalue weighted by atomic mass is 10.0. The molecule has 0 fully saturated rings. The molecule has 0 radical (unpaired) electrons. The van der Waals surface area contributed by atoms with Crippen molar-refractivity contribution >= 4 is 11.9 Å². The minimum atomic E-state index is -0.504. The van der Waals surface area contributed by atoms with E-state index in [1.54, 1.807) is 48.5 Å². The number of hydrogen-bond donors (Lipinski definition) is 0. The molecule has 0 aliphatic heterocycles. The van der Waals surface area contributed by atoms with Crippen LogP contribution in [0.25, 0.3) is 11.1 Å². The largest absolute Gasteiger partial charge is 0.490 e. The van der Waals surface area contributed by atoms with Crippen molar-refractivity contribution in [1.29, 1.82) is 5.26 Å². The molecule has 31 heavy (non-hydrogen) atoms. The fourth-order valence-corrected chi connectivity index (χ4v) is 2.67. The van der Waals surface area contributed by atoms with E-state index >= 15 is 0 Å². The Balaban J connectivity index is 1.54. The average Bonchev–Trinajstić information content (AvgIpc) is 2.82. The smallest absolute Gasteiger partial charge is 0.343 e. The van der Waals surface area contributed by atoms with Gasteiger partial charge in [0.2, 0.25) is 0 Å². The monoisotopic (exact) mass is 413 g/mol. The van der Waals surface area contributed by atoms with Gasteiger partial charge >= 0.3 is 11.9 Å². The Hall–Kier alpha value is -4.37. The first-order valence-electron chi connectivity index (χ1n) is 9.44. The Labute approximate surface area is 179 Å². The molecule has 154 valence electrons. The van der Waals surface area contributed by atoms with Crippen LogP contribution < -0.4 is 9.47 Å². The lowest BCUT2D eigenvalue weighted by molar-refractivity contribution is -0.138. The van der Waals surface area contributed by atoms with Crippen LogP contribution in [0.4, 0.5) is 0 Å². The topological polar surface area (TPSA) is 85.6 Å². The highest BCUT2D eigenvalue weighted by atomic mass is 16.6. The first-order valence-corrected chi connectivity index (χ1v) is 9.44. The molecule has 0 bridgehead atoms. The van der Waals surface area contributed by atoms with Crippen molar-refractivity contribution in [3.05, 3.63) is 96.6 Å². The van der Waals surface area contributed by atoms with Gasteiger partial charge in [0.1, 0.15) is 24.7 Å². The summed E-state index contributed by atoms with van der Waals surface area (Å²) in [5, 5.41) is 8.88. The van der Waals surface area contributed by atoms with Crippen molar-refractivity contribution in [1.82, 2.24) is 0 Å². The number of ether oxygens (including phenoxy) is 3. The van der Waals surface area contributed by atoms with Gasteiger partial charge < -0.3 is 14.2 Å². The van der Waals surface area contributed by atoms with Crippen molar-refractivity contribution in [2.45, 2.75) is 0 Å². The van der Waals surface area contributed by atoms with Gasteiger partial charge in [-0.1, -0.05) is 30.8 Å². The van der Waals surface area contributed by atoms with Crippen LogP contribution in [0.1, 0.15) is 15.9 Å². The Kier molecular flexibility index (Phi) is 7.17. The van der Waals surface area contributed by atoms with Gasteiger partial charge in [-0.3, -0.25) is 0 Å². The number of hydrogen-bond acceptors (Lipinski definition) is 6. The second-order valence-electron chi connectivity index (χ2n) is 6.35. The maximum atomic E-state index is 12.4. The van der Waals surface area contributed by atoms with Gasteiger partial charge in [-0.25, -0.2) is 9.59 Å². The van der Waals surface area contributed by atoms with E-state index in [1.165, 1.54) is 0 Å². The van der Waals surface area contributed by atoms with E-state index in [2.05, 4.69) is 12.6 Å². The van der Waals surface area contributed by atoms with Crippen LogP contribution in [-0.2, 0) is 9.53 Å². The molecule has 3 aromatic carbocycles. The summed E-state index contributed by atoms with van der Waals surface area (Å²) in [6.07, 6.45) is 1.09. The van der Waals surface area contributed by atoms with Crippen molar-refractivity contribution in [3.63, 3.8) is 0 Å². The third-order valence-electron chi connectivity index (χ3n) is 4.27. The predicted octanol–water partition coefficient (Wildman–Crippen LogP) is 4.55. The minimum Gasteiger partial charge on any atom is -0.490 e. The van der Waals surface area contributed by atoms with Crippen LogP contribution in [0.5, 0.6) is 11.5 Å². The van der Waals surface area contributed by atoms with E-state index in [0.717, 1.165) is 17.2 Å². The zero-order chi connectivity index (χ0) is 22.1. The van der Waals surface area contributed by atoms with E-state index in [4.69, 9.17) is 19.5 Å². The molecule has 0 saturated carbocycles. The van der Waals surface area contributed by atoms with Crippen LogP contribution in [-0.4, -0.2) is 25.2 Å². The van der Waals surface area contributed by atoms with Gasteiger partial charge in [0.25, 0.3) is 0 Å². The second-order valence-corrected chi connectivity index (χ2v) is 6.35. The number of carbonyl (C=O) groups excluding carboxylic acids is 2. The number of nitrogens with zero attached hydrogens (tertiary/aromatic N) is 1. The number of esters is 2. The van der Waals surface area contributed by atoms with Crippen molar-refractivity contribution in [3.8, 4) is 28.7 Å².